The van der Waals surface area contributed by atoms with Crippen molar-refractivity contribution in [2.75, 3.05) is 73.1 Å². The van der Waals surface area contributed by atoms with Crippen LogP contribution in [-0.4, -0.2) is 97.1 Å². The topological polar surface area (TPSA) is 233 Å². The molecule has 3 amide bonds. The van der Waals surface area contributed by atoms with Gasteiger partial charge in [-0.05, 0) is 175 Å². The number of nitrogens with one attached hydrogen (secondary N) is 3. The molecule has 0 spiro atoms. The Labute approximate surface area is 600 Å². The maximum Gasteiger partial charge on any atom is 0.360 e. The van der Waals surface area contributed by atoms with Gasteiger partial charge in [0.25, 0.3) is 17.5 Å². The number of hydrogen-bond donors (Lipinski definition) is 3. The molecule has 3 aliphatic rings. The third kappa shape index (κ3) is 12.7. The lowest BCUT2D eigenvalue weighted by Crippen LogP contribution is -2.34. The second-order valence-electron chi connectivity index (χ2n) is 25.5. The number of rotatable bonds is 22. The Morgan fingerprint density at radius 3 is 1.54 bits per heavy atom. The van der Waals surface area contributed by atoms with Crippen molar-refractivity contribution in [1.82, 2.24) is 15.0 Å². The van der Waals surface area contributed by atoms with E-state index in [9.17, 15) is 51.2 Å². The molecule has 0 unspecified atom stereocenters. The van der Waals surface area contributed by atoms with Gasteiger partial charge in [-0.2, -0.15) is 13.9 Å². The molecule has 0 radical (unpaired) electrons. The number of anilines is 4. The highest BCUT2D eigenvalue weighted by molar-refractivity contribution is 6.33. The molecule has 3 aromatic heterocycles. The summed E-state index contributed by atoms with van der Waals surface area (Å²) < 4.78 is 93.3. The number of nitro groups is 1. The van der Waals surface area contributed by atoms with E-state index in [1.54, 1.807) is 42.2 Å². The number of carbonyl (C=O) groups excluding carboxylic acids is 4. The van der Waals surface area contributed by atoms with E-state index in [2.05, 4.69) is 46.9 Å². The second-order valence-corrected chi connectivity index (χ2v) is 25.9. The van der Waals surface area contributed by atoms with Gasteiger partial charge >= 0.3 is 5.97 Å². The van der Waals surface area contributed by atoms with Crippen molar-refractivity contribution in [3.05, 3.63) is 271 Å². The quantitative estimate of drug-likeness (QED) is 0.00551. The van der Waals surface area contributed by atoms with Crippen molar-refractivity contribution in [3.63, 3.8) is 0 Å². The molecule has 0 bridgehead atoms. The molecule has 0 saturated heterocycles. The van der Waals surface area contributed by atoms with E-state index in [0.717, 1.165) is 55.5 Å². The van der Waals surface area contributed by atoms with Gasteiger partial charge < -0.3 is 53.5 Å². The molecule has 530 valence electrons. The SMILES string of the molecule is COc1ccc(C(OCCCN(CCCC(=O)N2CCc3c2ccc2[nH]c(C(=O)N4CCc5c4ccc4[nH]c(C(=O)N6CCc7c6ccc6[nH]c(C(=O)Oc8c(F)c(F)c(F)c(F)c8F)cc76)cc54)cc32)c2ccc(N=Nc3ccc([N+](=O)[O-])cc3Cl)cc2)(c2ccccc2)c2ccc(OC)cc2)cc1. The van der Waals surface area contributed by atoms with Crippen LogP contribution in [0.2, 0.25) is 5.02 Å². The van der Waals surface area contributed by atoms with Gasteiger partial charge in [0.2, 0.25) is 40.7 Å². The Hall–Kier alpha value is -12.2. The number of benzene rings is 9. The maximum atomic E-state index is 14.6. The minimum Gasteiger partial charge on any atom is -0.497 e. The van der Waals surface area contributed by atoms with Crippen LogP contribution in [0.25, 0.3) is 32.7 Å². The maximum absolute atomic E-state index is 14.6. The molecular formula is C79H62ClF5N10O10. The van der Waals surface area contributed by atoms with Crippen LogP contribution in [0.1, 0.15) is 84.1 Å². The summed E-state index contributed by atoms with van der Waals surface area (Å²) in [7, 11) is 3.26. The number of esters is 1. The normalized spacial score (nSPS) is 13.3. The molecule has 3 aliphatic heterocycles. The lowest BCUT2D eigenvalue weighted by atomic mass is 9.80. The van der Waals surface area contributed by atoms with Crippen molar-refractivity contribution in [2.24, 2.45) is 10.2 Å². The fraction of sp³-hybridized carbons (Fsp3) is 0.190. The van der Waals surface area contributed by atoms with Crippen LogP contribution in [-0.2, 0) is 34.4 Å². The highest BCUT2D eigenvalue weighted by Crippen LogP contribution is 2.45. The molecule has 3 N–H and O–H groups in total. The average Bonchev–Trinajstić information content (AvgIpc) is 1.68. The number of carbonyl (C=O) groups is 4. The van der Waals surface area contributed by atoms with E-state index in [4.69, 9.17) is 25.8 Å². The first-order valence-electron chi connectivity index (χ1n) is 33.7. The number of amides is 3. The summed E-state index contributed by atoms with van der Waals surface area (Å²) in [5.41, 5.74) is 9.83. The summed E-state index contributed by atoms with van der Waals surface area (Å²) in [6.07, 6.45) is 2.74. The standard InChI is InChI=1S/C79H62ClF5N10O10/c1-102-50-20-11-45(12-21-50)79(44-8-4-3-5-9-44,46-13-22-51(103-2)23-14-46)104-39-7-35-91(48-17-15-47(16-18-48)89-90-62-24-19-49(95(100)101)40-58(62)80)34-6-10-69(96)92-36-31-52-55-41-63(86-59(55)25-28-66(52)92)76(97)93-37-32-53-56-42-64(87-60(56)26-29-67(53)93)77(98)94-38-33-54-57-43-65(88-61(57)27-30-68(54)94)78(99)105-75-73(84)71(82)70(81)72(83)74(75)85/h3-5,8-9,11-30,40-43,86-88H,6-7,10,31-39H2,1-2H3. The number of halogens is 6. The molecule has 0 fully saturated rings. The fourth-order valence-corrected chi connectivity index (χ4v) is 14.7. The van der Waals surface area contributed by atoms with Crippen LogP contribution in [0, 0.1) is 39.2 Å². The van der Waals surface area contributed by atoms with Gasteiger partial charge in [0.1, 0.15) is 39.9 Å². The number of non-ortho nitro benzene ring substituents is 1. The molecule has 15 rings (SSSR count). The number of nitro benzene ring substituents is 1. The number of hydrogen-bond acceptors (Lipinski definition) is 13. The Morgan fingerprint density at radius 2 is 1.03 bits per heavy atom. The summed E-state index contributed by atoms with van der Waals surface area (Å²) >= 11 is 6.34. The summed E-state index contributed by atoms with van der Waals surface area (Å²) in [5, 5.41) is 22.2. The molecule has 0 saturated carbocycles. The molecule has 0 aliphatic carbocycles. The van der Waals surface area contributed by atoms with Crippen molar-refractivity contribution < 1.29 is 65.0 Å². The third-order valence-corrected chi connectivity index (χ3v) is 20.0. The van der Waals surface area contributed by atoms with Gasteiger partial charge in [0.05, 0.1) is 36.5 Å². The number of ether oxygens (including phenoxy) is 4. The van der Waals surface area contributed by atoms with Crippen LogP contribution in [0.5, 0.6) is 17.2 Å². The van der Waals surface area contributed by atoms with E-state index in [1.165, 1.54) is 24.3 Å². The van der Waals surface area contributed by atoms with E-state index < -0.39 is 51.3 Å². The number of fused-ring (bicyclic) bond motifs is 9. The minimum atomic E-state index is -2.40. The third-order valence-electron chi connectivity index (χ3n) is 19.6. The van der Waals surface area contributed by atoms with Crippen molar-refractivity contribution >= 4 is 108 Å². The molecule has 12 aromatic rings. The summed E-state index contributed by atoms with van der Waals surface area (Å²) in [6.45, 7) is 2.43. The van der Waals surface area contributed by atoms with Gasteiger partial charge in [0.15, 0.2) is 0 Å². The summed E-state index contributed by atoms with van der Waals surface area (Å²) in [5.74, 6) is -13.9. The molecular weight excluding hydrogens is 1380 g/mol. The average molecular weight is 1440 g/mol. The highest BCUT2D eigenvalue weighted by Gasteiger charge is 2.39. The first kappa shape index (κ1) is 68.5. The fourth-order valence-electron chi connectivity index (χ4n) is 14.5. The Bertz CT molecular complexity index is 5420. The monoisotopic (exact) mass is 1440 g/mol. The van der Waals surface area contributed by atoms with Gasteiger partial charge in [-0.3, -0.25) is 24.5 Å². The van der Waals surface area contributed by atoms with Gasteiger partial charge in [0, 0.05) is 107 Å². The van der Waals surface area contributed by atoms with Crippen LogP contribution < -0.4 is 33.8 Å². The predicted octanol–water partition coefficient (Wildman–Crippen LogP) is 17.0. The number of azo groups is 1. The van der Waals surface area contributed by atoms with Crippen molar-refractivity contribution in [1.29, 1.82) is 0 Å². The van der Waals surface area contributed by atoms with Crippen LogP contribution >= 0.6 is 11.6 Å². The lowest BCUT2D eigenvalue weighted by molar-refractivity contribution is -0.384. The Morgan fingerprint density at radius 1 is 0.552 bits per heavy atom. The lowest BCUT2D eigenvalue weighted by Gasteiger charge is -2.36. The first-order chi connectivity index (χ1) is 50.9. The number of methoxy groups -OCH3 is 2. The molecule has 26 heteroatoms. The van der Waals surface area contributed by atoms with E-state index in [0.29, 0.717) is 121 Å². The zero-order valence-corrected chi connectivity index (χ0v) is 57.0. The molecule has 20 nitrogen and oxygen atoms in total. The summed E-state index contributed by atoms with van der Waals surface area (Å²) in [6, 6.07) is 53.0. The first-order valence-corrected chi connectivity index (χ1v) is 34.1. The van der Waals surface area contributed by atoms with Crippen LogP contribution in [0.15, 0.2) is 186 Å². The van der Waals surface area contributed by atoms with Gasteiger partial charge in [-0.1, -0.05) is 66.2 Å². The Balaban J connectivity index is 0.624. The van der Waals surface area contributed by atoms with Crippen LogP contribution in [0.4, 0.5) is 61.8 Å². The molecule has 9 aromatic carbocycles. The smallest absolute Gasteiger partial charge is 0.360 e. The van der Waals surface area contributed by atoms with E-state index >= 15 is 0 Å². The largest absolute Gasteiger partial charge is 0.497 e. The zero-order chi connectivity index (χ0) is 72.9. The van der Waals surface area contributed by atoms with Crippen LogP contribution in [0.3, 0.4) is 0 Å². The van der Waals surface area contributed by atoms with E-state index in [1.807, 2.05) is 126 Å². The summed E-state index contributed by atoms with van der Waals surface area (Å²) in [4.78, 5) is 84.1. The van der Waals surface area contributed by atoms with Gasteiger partial charge in [-0.15, -0.1) is 5.11 Å². The number of nitrogens with zero attached hydrogens (tertiary/aromatic N) is 7. The molecule has 105 heavy (non-hydrogen) atoms. The Kier molecular flexibility index (Phi) is 18.4. The van der Waals surface area contributed by atoms with E-state index in [-0.39, 0.29) is 58.5 Å². The minimum absolute atomic E-state index is 0.0445. The number of aromatic nitrogens is 3. The number of aromatic amines is 3. The second kappa shape index (κ2) is 28.2. The number of H-pyrrole nitrogens is 3. The highest BCUT2D eigenvalue weighted by atomic mass is 35.5. The molecule has 0 atom stereocenters. The van der Waals surface area contributed by atoms with Crippen molar-refractivity contribution in [3.8, 4) is 17.2 Å². The van der Waals surface area contributed by atoms with Crippen molar-refractivity contribution in [2.45, 2.75) is 44.1 Å². The predicted molar refractivity (Wildman–Crippen MR) is 386 cm³/mol. The zero-order valence-electron chi connectivity index (χ0n) is 56.2. The van der Waals surface area contributed by atoms with Gasteiger partial charge in [-0.25, -0.2) is 18.0 Å². The molecule has 6 heterocycles.